The highest BCUT2D eigenvalue weighted by molar-refractivity contribution is 6.31. The molecular formula is C18H18ClN5O. The number of hydrogen-bond donors (Lipinski definition) is 2. The van der Waals surface area contributed by atoms with Crippen molar-refractivity contribution < 1.29 is 4.74 Å². The topological polar surface area (TPSA) is 72.0 Å². The highest BCUT2D eigenvalue weighted by Crippen LogP contribution is 2.23. The van der Waals surface area contributed by atoms with Crippen LogP contribution in [-0.2, 0) is 0 Å². The van der Waals surface area contributed by atoms with E-state index < -0.39 is 0 Å². The average Bonchev–Trinajstić information content (AvgIpc) is 2.61. The Bertz CT molecular complexity index is 854. The number of benzene rings is 2. The fourth-order valence-corrected chi connectivity index (χ4v) is 2.35. The fraction of sp³-hybridized carbons (Fsp3) is 0.167. The molecule has 1 aromatic heterocycles. The Balaban J connectivity index is 1.71. The zero-order valence-corrected chi connectivity index (χ0v) is 14.7. The molecule has 0 amide bonds. The maximum atomic E-state index is 6.14. The van der Waals surface area contributed by atoms with Crippen molar-refractivity contribution in [2.24, 2.45) is 0 Å². The van der Waals surface area contributed by atoms with Crippen LogP contribution >= 0.6 is 11.6 Å². The molecule has 25 heavy (non-hydrogen) atoms. The molecule has 0 saturated carbocycles. The molecule has 0 bridgehead atoms. The summed E-state index contributed by atoms with van der Waals surface area (Å²) < 4.78 is 5.42. The predicted octanol–water partition coefficient (Wildman–Crippen LogP) is 4.72. The average molecular weight is 356 g/mol. The van der Waals surface area contributed by atoms with Gasteiger partial charge < -0.3 is 15.4 Å². The minimum atomic E-state index is 0.396. The fourth-order valence-electron chi connectivity index (χ4n) is 2.17. The van der Waals surface area contributed by atoms with Crippen LogP contribution in [-0.4, -0.2) is 21.8 Å². The van der Waals surface area contributed by atoms with Gasteiger partial charge in [0.2, 0.25) is 5.95 Å². The molecule has 0 atom stereocenters. The molecule has 0 aliphatic rings. The molecule has 0 aliphatic carbocycles. The smallest absolute Gasteiger partial charge is 0.249 e. The molecule has 1 heterocycles. The molecule has 0 unspecified atom stereocenters. The number of anilines is 4. The van der Waals surface area contributed by atoms with Gasteiger partial charge in [-0.3, -0.25) is 0 Å². The summed E-state index contributed by atoms with van der Waals surface area (Å²) in [5.74, 6) is 1.79. The molecule has 0 radical (unpaired) electrons. The Labute approximate surface area is 151 Å². The first kappa shape index (κ1) is 17.0. The number of nitrogens with zero attached hydrogens (tertiary/aromatic N) is 3. The molecule has 0 saturated heterocycles. The van der Waals surface area contributed by atoms with E-state index in [2.05, 4.69) is 25.8 Å². The van der Waals surface area contributed by atoms with E-state index in [1.165, 1.54) is 0 Å². The third kappa shape index (κ3) is 4.58. The van der Waals surface area contributed by atoms with Crippen LogP contribution in [0.2, 0.25) is 5.02 Å². The Kier molecular flexibility index (Phi) is 5.30. The summed E-state index contributed by atoms with van der Waals surface area (Å²) in [6, 6.07) is 13.3. The number of hydrogen-bond acceptors (Lipinski definition) is 6. The van der Waals surface area contributed by atoms with E-state index in [1.54, 1.807) is 6.20 Å². The molecule has 3 rings (SSSR count). The highest BCUT2D eigenvalue weighted by atomic mass is 35.5. The van der Waals surface area contributed by atoms with Crippen molar-refractivity contribution in [3.63, 3.8) is 0 Å². The Morgan fingerprint density at radius 2 is 1.80 bits per heavy atom. The van der Waals surface area contributed by atoms with Crippen molar-refractivity contribution >= 4 is 34.7 Å². The number of halogens is 1. The van der Waals surface area contributed by atoms with Gasteiger partial charge in [-0.05, 0) is 55.8 Å². The van der Waals surface area contributed by atoms with Gasteiger partial charge in [0.05, 0.1) is 12.8 Å². The second kappa shape index (κ2) is 7.81. The summed E-state index contributed by atoms with van der Waals surface area (Å²) in [6.07, 6.45) is 1.55. The van der Waals surface area contributed by atoms with Crippen molar-refractivity contribution in [2.75, 3.05) is 17.2 Å². The minimum Gasteiger partial charge on any atom is -0.494 e. The lowest BCUT2D eigenvalue weighted by Crippen LogP contribution is -2.02. The van der Waals surface area contributed by atoms with Crippen LogP contribution in [0.5, 0.6) is 5.75 Å². The van der Waals surface area contributed by atoms with Gasteiger partial charge in [0.15, 0.2) is 5.82 Å². The second-order valence-electron chi connectivity index (χ2n) is 5.34. The van der Waals surface area contributed by atoms with Crippen LogP contribution in [0.1, 0.15) is 12.5 Å². The van der Waals surface area contributed by atoms with Gasteiger partial charge in [-0.2, -0.15) is 10.1 Å². The number of ether oxygens (including phenoxy) is 1. The number of aromatic nitrogens is 3. The van der Waals surface area contributed by atoms with E-state index in [4.69, 9.17) is 16.3 Å². The van der Waals surface area contributed by atoms with E-state index in [9.17, 15) is 0 Å². The van der Waals surface area contributed by atoms with E-state index in [1.807, 2.05) is 56.3 Å². The van der Waals surface area contributed by atoms with E-state index in [0.29, 0.717) is 23.4 Å². The van der Waals surface area contributed by atoms with Crippen LogP contribution in [0.25, 0.3) is 0 Å². The minimum absolute atomic E-state index is 0.396. The Morgan fingerprint density at radius 3 is 2.52 bits per heavy atom. The summed E-state index contributed by atoms with van der Waals surface area (Å²) in [5, 5.41) is 14.9. The summed E-state index contributed by atoms with van der Waals surface area (Å²) >= 11 is 6.14. The van der Waals surface area contributed by atoms with Gasteiger partial charge in [-0.1, -0.05) is 17.7 Å². The quantitative estimate of drug-likeness (QED) is 0.666. The molecule has 0 fully saturated rings. The first-order chi connectivity index (χ1) is 12.1. The van der Waals surface area contributed by atoms with Gasteiger partial charge in [-0.15, -0.1) is 5.10 Å². The summed E-state index contributed by atoms with van der Waals surface area (Å²) in [7, 11) is 0. The third-order valence-corrected chi connectivity index (χ3v) is 3.83. The maximum absolute atomic E-state index is 6.14. The van der Waals surface area contributed by atoms with Crippen molar-refractivity contribution in [1.29, 1.82) is 0 Å². The molecular weight excluding hydrogens is 338 g/mol. The normalized spacial score (nSPS) is 10.4. The molecule has 2 aromatic carbocycles. The van der Waals surface area contributed by atoms with Gasteiger partial charge >= 0.3 is 0 Å². The van der Waals surface area contributed by atoms with Crippen LogP contribution in [0.4, 0.5) is 23.1 Å². The maximum Gasteiger partial charge on any atom is 0.249 e. The zero-order chi connectivity index (χ0) is 17.6. The molecule has 6 nitrogen and oxygen atoms in total. The molecule has 7 heteroatoms. The second-order valence-corrected chi connectivity index (χ2v) is 5.74. The summed E-state index contributed by atoms with van der Waals surface area (Å²) in [6.45, 7) is 4.54. The van der Waals surface area contributed by atoms with Gasteiger partial charge in [0.1, 0.15) is 5.75 Å². The molecule has 0 aliphatic heterocycles. The van der Waals surface area contributed by atoms with Crippen molar-refractivity contribution in [3.8, 4) is 5.75 Å². The Hall–Kier alpha value is -2.86. The lowest BCUT2D eigenvalue weighted by atomic mass is 10.2. The predicted molar refractivity (Wildman–Crippen MR) is 100 cm³/mol. The van der Waals surface area contributed by atoms with Crippen molar-refractivity contribution in [3.05, 3.63) is 59.2 Å². The number of aryl methyl sites for hydroxylation is 1. The third-order valence-electron chi connectivity index (χ3n) is 3.42. The van der Waals surface area contributed by atoms with Crippen LogP contribution in [0.3, 0.4) is 0 Å². The largest absolute Gasteiger partial charge is 0.494 e. The van der Waals surface area contributed by atoms with Gasteiger partial charge in [-0.25, -0.2) is 0 Å². The summed E-state index contributed by atoms with van der Waals surface area (Å²) in [4.78, 5) is 4.40. The van der Waals surface area contributed by atoms with Gasteiger partial charge in [0, 0.05) is 16.4 Å². The molecule has 2 N–H and O–H groups in total. The molecule has 0 spiro atoms. The Morgan fingerprint density at radius 1 is 1.04 bits per heavy atom. The van der Waals surface area contributed by atoms with E-state index in [-0.39, 0.29) is 0 Å². The van der Waals surface area contributed by atoms with Crippen molar-refractivity contribution in [1.82, 2.24) is 15.2 Å². The van der Waals surface area contributed by atoms with Crippen LogP contribution in [0.15, 0.2) is 48.7 Å². The van der Waals surface area contributed by atoms with Crippen LogP contribution in [0, 0.1) is 6.92 Å². The van der Waals surface area contributed by atoms with Crippen LogP contribution < -0.4 is 15.4 Å². The number of nitrogens with one attached hydrogen (secondary N) is 2. The van der Waals surface area contributed by atoms with E-state index in [0.717, 1.165) is 22.7 Å². The number of rotatable bonds is 6. The monoisotopic (exact) mass is 355 g/mol. The standard InChI is InChI=1S/C18H18ClN5O/c1-3-25-15-8-6-13(7-9-15)22-18-23-17(11-20-24-18)21-14-5-4-12(2)16(19)10-14/h4-11H,3H2,1-2H3,(H2,21,22,23,24). The highest BCUT2D eigenvalue weighted by Gasteiger charge is 2.04. The zero-order valence-electron chi connectivity index (χ0n) is 14.0. The summed E-state index contributed by atoms with van der Waals surface area (Å²) in [5.41, 5.74) is 2.70. The first-order valence-electron chi connectivity index (χ1n) is 7.87. The molecule has 128 valence electrons. The molecule has 3 aromatic rings. The van der Waals surface area contributed by atoms with Gasteiger partial charge in [0.25, 0.3) is 0 Å². The van der Waals surface area contributed by atoms with Crippen molar-refractivity contribution in [2.45, 2.75) is 13.8 Å². The van der Waals surface area contributed by atoms with E-state index >= 15 is 0 Å². The first-order valence-corrected chi connectivity index (χ1v) is 8.24. The SMILES string of the molecule is CCOc1ccc(Nc2nncc(Nc3ccc(C)c(Cl)c3)n2)cc1. The lowest BCUT2D eigenvalue weighted by Gasteiger charge is -2.09. The lowest BCUT2D eigenvalue weighted by molar-refractivity contribution is 0.340.